The molecule has 0 spiro atoms. The predicted molar refractivity (Wildman–Crippen MR) is 114 cm³/mol. The maximum atomic E-state index is 13.3. The van der Waals surface area contributed by atoms with Gasteiger partial charge in [0.25, 0.3) is 5.91 Å². The molecule has 1 saturated carbocycles. The summed E-state index contributed by atoms with van der Waals surface area (Å²) in [5.74, 6) is -1.02. The molecule has 0 radical (unpaired) electrons. The Kier molecular flexibility index (Phi) is 7.12. The number of thiophene rings is 1. The van der Waals surface area contributed by atoms with Crippen LogP contribution >= 0.6 is 11.3 Å². The van der Waals surface area contributed by atoms with Crippen molar-refractivity contribution < 1.29 is 19.2 Å². The van der Waals surface area contributed by atoms with Crippen LogP contribution in [0.4, 0.5) is 4.79 Å². The minimum Gasteiger partial charge on any atom is -0.351 e. The molecular weight excluding hydrogens is 404 g/mol. The number of hydrogen-bond donors (Lipinski definition) is 3. The van der Waals surface area contributed by atoms with Crippen LogP contribution in [-0.2, 0) is 20.9 Å². The topological polar surface area (TPSA) is 108 Å². The fourth-order valence-electron chi connectivity index (χ4n) is 4.05. The molecule has 1 aromatic rings. The van der Waals surface area contributed by atoms with Gasteiger partial charge in [-0.3, -0.25) is 19.7 Å². The highest BCUT2D eigenvalue weighted by Crippen LogP contribution is 2.27. The molecule has 0 bridgehead atoms. The molecule has 0 aromatic carbocycles. The van der Waals surface area contributed by atoms with E-state index < -0.39 is 23.5 Å². The number of rotatable bonds is 8. The second kappa shape index (κ2) is 9.59. The normalized spacial score (nSPS) is 21.5. The first-order valence-electron chi connectivity index (χ1n) is 10.6. The summed E-state index contributed by atoms with van der Waals surface area (Å²) in [6.07, 6.45) is 5.55. The van der Waals surface area contributed by atoms with Crippen molar-refractivity contribution in [2.45, 2.75) is 83.0 Å². The largest absolute Gasteiger partial charge is 0.351 e. The monoisotopic (exact) mass is 434 g/mol. The van der Waals surface area contributed by atoms with Gasteiger partial charge in [0.1, 0.15) is 11.6 Å². The number of carbonyl (C=O) groups is 4. The summed E-state index contributed by atoms with van der Waals surface area (Å²) in [7, 11) is 0. The van der Waals surface area contributed by atoms with Crippen LogP contribution in [0.25, 0.3) is 0 Å². The van der Waals surface area contributed by atoms with Gasteiger partial charge in [-0.15, -0.1) is 11.3 Å². The van der Waals surface area contributed by atoms with E-state index in [0.29, 0.717) is 6.42 Å². The van der Waals surface area contributed by atoms with Crippen LogP contribution in [0.3, 0.4) is 0 Å². The second-order valence-electron chi connectivity index (χ2n) is 8.21. The lowest BCUT2D eigenvalue weighted by molar-refractivity contribution is -0.149. The lowest BCUT2D eigenvalue weighted by atomic mass is 9.90. The third-order valence-electron chi connectivity index (χ3n) is 6.15. The molecule has 2 aliphatic rings. The average Bonchev–Trinajstić information content (AvgIpc) is 3.35. The Morgan fingerprint density at radius 1 is 1.27 bits per heavy atom. The summed E-state index contributed by atoms with van der Waals surface area (Å²) in [6.45, 7) is 3.95. The Morgan fingerprint density at radius 2 is 2.00 bits per heavy atom. The molecule has 2 heterocycles. The van der Waals surface area contributed by atoms with Gasteiger partial charge in [0.15, 0.2) is 0 Å². The predicted octanol–water partition coefficient (Wildman–Crippen LogP) is 2.29. The summed E-state index contributed by atoms with van der Waals surface area (Å²) in [5.41, 5.74) is -1.06. The average molecular weight is 435 g/mol. The first-order chi connectivity index (χ1) is 14.3. The maximum Gasteiger partial charge on any atom is 0.322 e. The lowest BCUT2D eigenvalue weighted by Gasteiger charge is -2.41. The highest BCUT2D eigenvalue weighted by atomic mass is 32.1. The molecule has 2 atom stereocenters. The lowest BCUT2D eigenvalue weighted by Crippen LogP contribution is -2.60. The van der Waals surface area contributed by atoms with Crippen molar-refractivity contribution in [1.29, 1.82) is 0 Å². The highest BCUT2D eigenvalue weighted by molar-refractivity contribution is 7.09. The molecular formula is C21H30N4O4S. The minimum absolute atomic E-state index is 0.135. The summed E-state index contributed by atoms with van der Waals surface area (Å²) in [4.78, 5) is 52.5. The first kappa shape index (κ1) is 22.3. The number of hydrogen-bond acceptors (Lipinski definition) is 5. The Balaban J connectivity index is 1.80. The third kappa shape index (κ3) is 5.00. The molecule has 5 amide bonds. The molecule has 1 saturated heterocycles. The summed E-state index contributed by atoms with van der Waals surface area (Å²) in [5, 5.41) is 9.70. The van der Waals surface area contributed by atoms with Crippen LogP contribution in [0.15, 0.2) is 17.5 Å². The van der Waals surface area contributed by atoms with Gasteiger partial charge in [-0.2, -0.15) is 0 Å². The molecule has 30 heavy (non-hydrogen) atoms. The zero-order valence-corrected chi connectivity index (χ0v) is 18.3. The van der Waals surface area contributed by atoms with Crippen LogP contribution < -0.4 is 16.0 Å². The van der Waals surface area contributed by atoms with Crippen LogP contribution in [0, 0.1) is 0 Å². The Hall–Kier alpha value is -2.42. The summed E-state index contributed by atoms with van der Waals surface area (Å²) >= 11 is 1.51. The molecule has 2 fully saturated rings. The molecule has 9 heteroatoms. The van der Waals surface area contributed by atoms with Crippen molar-refractivity contribution in [2.75, 3.05) is 0 Å². The first-order valence-corrected chi connectivity index (χ1v) is 11.5. The van der Waals surface area contributed by atoms with Crippen LogP contribution in [0.2, 0.25) is 0 Å². The molecule has 1 aliphatic heterocycles. The fourth-order valence-corrected chi connectivity index (χ4v) is 4.74. The number of nitrogens with one attached hydrogen (secondary N) is 3. The van der Waals surface area contributed by atoms with E-state index in [-0.39, 0.29) is 30.8 Å². The quantitative estimate of drug-likeness (QED) is 0.546. The van der Waals surface area contributed by atoms with E-state index in [1.54, 1.807) is 11.8 Å². The van der Waals surface area contributed by atoms with E-state index in [1.807, 2.05) is 24.4 Å². The van der Waals surface area contributed by atoms with E-state index >= 15 is 0 Å². The zero-order valence-electron chi connectivity index (χ0n) is 17.5. The smallest absolute Gasteiger partial charge is 0.322 e. The van der Waals surface area contributed by atoms with Crippen LogP contribution in [0.1, 0.15) is 63.7 Å². The van der Waals surface area contributed by atoms with Crippen molar-refractivity contribution >= 4 is 35.1 Å². The van der Waals surface area contributed by atoms with Crippen molar-refractivity contribution in [1.82, 2.24) is 20.9 Å². The zero-order chi connectivity index (χ0) is 21.7. The van der Waals surface area contributed by atoms with E-state index in [2.05, 4.69) is 16.0 Å². The molecule has 3 N–H and O–H groups in total. The van der Waals surface area contributed by atoms with E-state index in [1.165, 1.54) is 17.8 Å². The number of nitrogens with zero attached hydrogens (tertiary/aromatic N) is 1. The van der Waals surface area contributed by atoms with Crippen LogP contribution in [-0.4, -0.2) is 46.3 Å². The number of amides is 5. The van der Waals surface area contributed by atoms with Crippen molar-refractivity contribution in [3.05, 3.63) is 22.4 Å². The van der Waals surface area contributed by atoms with Gasteiger partial charge >= 0.3 is 6.03 Å². The van der Waals surface area contributed by atoms with Gasteiger partial charge in [-0.05, 0) is 37.6 Å². The number of carbonyl (C=O) groups excluding carboxylic acids is 4. The molecule has 164 valence electrons. The van der Waals surface area contributed by atoms with E-state index in [0.717, 1.165) is 30.6 Å². The SMILES string of the molecule is CC[C@@](C)(C(=O)NC1CCCCC1)N(Cc1cccs1)C(=O)C[C@H]1NC(=O)NC1=O. The van der Waals surface area contributed by atoms with Gasteiger partial charge in [0, 0.05) is 10.9 Å². The van der Waals surface area contributed by atoms with E-state index in [9.17, 15) is 19.2 Å². The van der Waals surface area contributed by atoms with Gasteiger partial charge in [0.05, 0.1) is 13.0 Å². The molecule has 1 aliphatic carbocycles. The molecule has 0 unspecified atom stereocenters. The minimum atomic E-state index is -1.06. The number of imide groups is 1. The Bertz CT molecular complexity index is 791. The van der Waals surface area contributed by atoms with Gasteiger partial charge < -0.3 is 15.5 Å². The van der Waals surface area contributed by atoms with Crippen molar-refractivity contribution in [3.63, 3.8) is 0 Å². The maximum absolute atomic E-state index is 13.3. The molecule has 1 aromatic heterocycles. The van der Waals surface area contributed by atoms with Gasteiger partial charge in [-0.1, -0.05) is 32.3 Å². The summed E-state index contributed by atoms with van der Waals surface area (Å²) in [6, 6.07) is 2.44. The summed E-state index contributed by atoms with van der Waals surface area (Å²) < 4.78 is 0. The molecule has 3 rings (SSSR count). The Labute approximate surface area is 180 Å². The van der Waals surface area contributed by atoms with Crippen LogP contribution in [0.5, 0.6) is 0 Å². The van der Waals surface area contributed by atoms with Gasteiger partial charge in [0.2, 0.25) is 11.8 Å². The second-order valence-corrected chi connectivity index (χ2v) is 9.25. The standard InChI is InChI=1S/C21H30N4O4S/c1-3-21(2,19(28)22-14-8-5-4-6-9-14)25(13-15-10-7-11-30-15)17(26)12-16-18(27)24-20(29)23-16/h7,10-11,14,16H,3-6,8-9,12-13H2,1-2H3,(H,22,28)(H2,23,24,27,29)/t16-,21+/m1/s1. The molecule has 8 nitrogen and oxygen atoms in total. The Morgan fingerprint density at radius 3 is 2.57 bits per heavy atom. The van der Waals surface area contributed by atoms with Gasteiger partial charge in [-0.25, -0.2) is 4.79 Å². The fraction of sp³-hybridized carbons (Fsp3) is 0.619. The van der Waals surface area contributed by atoms with E-state index in [4.69, 9.17) is 0 Å². The van der Waals surface area contributed by atoms with Crippen molar-refractivity contribution in [2.24, 2.45) is 0 Å². The van der Waals surface area contributed by atoms with Crippen molar-refractivity contribution in [3.8, 4) is 0 Å². The number of urea groups is 1. The third-order valence-corrected chi connectivity index (χ3v) is 7.01. The highest BCUT2D eigenvalue weighted by Gasteiger charge is 2.43.